The van der Waals surface area contributed by atoms with Gasteiger partial charge in [-0.1, -0.05) is 13.8 Å². The predicted molar refractivity (Wildman–Crippen MR) is 176 cm³/mol. The van der Waals surface area contributed by atoms with Gasteiger partial charge in [0.25, 0.3) is 11.8 Å². The van der Waals surface area contributed by atoms with Gasteiger partial charge in [0.2, 0.25) is 10.0 Å². The van der Waals surface area contributed by atoms with E-state index in [9.17, 15) is 26.8 Å². The van der Waals surface area contributed by atoms with Crippen LogP contribution < -0.4 is 30.3 Å². The fourth-order valence-corrected chi connectivity index (χ4v) is 6.78. The van der Waals surface area contributed by atoms with E-state index in [-0.39, 0.29) is 44.1 Å². The summed E-state index contributed by atoms with van der Waals surface area (Å²) in [7, 11) is -2.43. The number of carbonyl (C=O) groups excluding carboxylic acids is 2. The van der Waals surface area contributed by atoms with Crippen LogP contribution in [0.5, 0.6) is 5.75 Å². The second kappa shape index (κ2) is 13.8. The molecule has 3 heterocycles. The number of nitrogens with zero attached hydrogens (tertiary/aromatic N) is 3. The number of carbonyl (C=O) groups is 2. The molecule has 0 unspecified atom stereocenters. The molecule has 2 aromatic rings. The molecule has 1 spiro atoms. The van der Waals surface area contributed by atoms with Gasteiger partial charge < -0.3 is 30.3 Å². The van der Waals surface area contributed by atoms with E-state index >= 15 is 0 Å². The number of halogens is 2. The quantitative estimate of drug-likeness (QED) is 0.278. The minimum Gasteiger partial charge on any atom is -0.493 e. The molecule has 1 saturated carbocycles. The Kier molecular flexibility index (Phi) is 10.2. The first-order valence-corrected chi connectivity index (χ1v) is 17.7. The van der Waals surface area contributed by atoms with E-state index in [0.717, 1.165) is 25.9 Å². The Balaban J connectivity index is 1.33. The number of sulfonamides is 1. The molecular formula is C32H44F2N6O6S. The van der Waals surface area contributed by atoms with Gasteiger partial charge in [-0.2, -0.15) is 0 Å². The van der Waals surface area contributed by atoms with E-state index in [1.54, 1.807) is 43.0 Å². The smallest absolute Gasteiger partial charge is 0.323 e. The van der Waals surface area contributed by atoms with Crippen molar-refractivity contribution in [2.75, 3.05) is 65.5 Å². The summed E-state index contributed by atoms with van der Waals surface area (Å²) >= 11 is 0. The molecule has 15 heteroatoms. The third-order valence-corrected chi connectivity index (χ3v) is 10.6. The Morgan fingerprint density at radius 3 is 2.28 bits per heavy atom. The summed E-state index contributed by atoms with van der Waals surface area (Å²) in [5.74, 6) is -3.81. The van der Waals surface area contributed by atoms with Gasteiger partial charge in [-0.25, -0.2) is 22.2 Å². The van der Waals surface area contributed by atoms with Crippen LogP contribution in [0.3, 0.4) is 0 Å². The second-order valence-corrected chi connectivity index (χ2v) is 14.9. The van der Waals surface area contributed by atoms with Crippen LogP contribution in [0.4, 0.5) is 31.7 Å². The van der Waals surface area contributed by atoms with Gasteiger partial charge in [-0.15, -0.1) is 0 Å². The van der Waals surface area contributed by atoms with Gasteiger partial charge >= 0.3 is 5.97 Å². The van der Waals surface area contributed by atoms with Crippen molar-refractivity contribution in [2.45, 2.75) is 64.3 Å². The number of hydrogen-bond donors (Lipinski definition) is 3. The topological polar surface area (TPSA) is 156 Å². The number of nitrogens with two attached hydrogens (primary N) is 1. The third kappa shape index (κ3) is 8.61. The number of esters is 1. The summed E-state index contributed by atoms with van der Waals surface area (Å²) in [4.78, 5) is 33.9. The van der Waals surface area contributed by atoms with Crippen molar-refractivity contribution in [2.24, 2.45) is 17.1 Å². The molecular weight excluding hydrogens is 634 g/mol. The van der Waals surface area contributed by atoms with Gasteiger partial charge in [0.15, 0.2) is 11.6 Å². The number of anilines is 4. The third-order valence-electron chi connectivity index (χ3n) is 9.31. The van der Waals surface area contributed by atoms with Crippen LogP contribution >= 0.6 is 0 Å². The molecule has 258 valence electrons. The molecule has 1 aromatic carbocycles. The lowest BCUT2D eigenvalue weighted by atomic mass is 9.93. The fourth-order valence-electron chi connectivity index (χ4n) is 5.89. The molecule has 1 atom stereocenters. The van der Waals surface area contributed by atoms with E-state index < -0.39 is 39.6 Å². The minimum atomic E-state index is -3.89. The number of pyridine rings is 1. The van der Waals surface area contributed by atoms with Crippen LogP contribution in [0.15, 0.2) is 30.3 Å². The number of hydrogen-bond acceptors (Lipinski definition) is 10. The molecule has 5 rings (SSSR count). The molecule has 3 aliphatic rings. The highest BCUT2D eigenvalue weighted by atomic mass is 32.2. The highest BCUT2D eigenvalue weighted by molar-refractivity contribution is 7.92. The van der Waals surface area contributed by atoms with Crippen LogP contribution in [-0.4, -0.2) is 82.9 Å². The first kappa shape index (κ1) is 34.6. The monoisotopic (exact) mass is 678 g/mol. The number of piperidine rings is 2. The number of aromatic nitrogens is 1. The van der Waals surface area contributed by atoms with Crippen LogP contribution in [0.1, 0.15) is 62.9 Å². The number of benzene rings is 1. The highest BCUT2D eigenvalue weighted by Crippen LogP contribution is 2.54. The highest BCUT2D eigenvalue weighted by Gasteiger charge is 2.44. The van der Waals surface area contributed by atoms with Crippen LogP contribution in [0.25, 0.3) is 0 Å². The van der Waals surface area contributed by atoms with Crippen molar-refractivity contribution in [3.05, 3.63) is 36.0 Å². The van der Waals surface area contributed by atoms with E-state index in [2.05, 4.69) is 19.9 Å². The lowest BCUT2D eigenvalue weighted by molar-refractivity contribution is -0.145. The van der Waals surface area contributed by atoms with Crippen molar-refractivity contribution in [3.8, 4) is 5.75 Å². The summed E-state index contributed by atoms with van der Waals surface area (Å²) in [5, 5.41) is 2.93. The number of alkyl halides is 2. The van der Waals surface area contributed by atoms with E-state index in [0.29, 0.717) is 34.0 Å². The van der Waals surface area contributed by atoms with Crippen LogP contribution in [-0.2, 0) is 19.6 Å². The predicted octanol–water partition coefficient (Wildman–Crippen LogP) is 4.23. The molecule has 1 amide bonds. The number of methoxy groups -OCH3 is 1. The molecule has 3 fully saturated rings. The van der Waals surface area contributed by atoms with E-state index in [1.807, 2.05) is 0 Å². The van der Waals surface area contributed by atoms with Crippen molar-refractivity contribution in [3.63, 3.8) is 0 Å². The summed E-state index contributed by atoms with van der Waals surface area (Å²) in [6.07, 6.45) is 3.77. The van der Waals surface area contributed by atoms with Gasteiger partial charge in [0.05, 0.1) is 24.2 Å². The first-order chi connectivity index (χ1) is 22.2. The van der Waals surface area contributed by atoms with Gasteiger partial charge in [-0.3, -0.25) is 14.3 Å². The van der Waals surface area contributed by atoms with Crippen molar-refractivity contribution >= 4 is 44.8 Å². The lowest BCUT2D eigenvalue weighted by Crippen LogP contribution is -2.40. The SMILES string of the molecule is COc1ccc(C(=O)Nc2ccc(NS(=O)(=O)CCOC(=O)[C@@H](N)C(C)C)cc2N2CCC3(CC2)CC3)nc1N1CCC(F)(F)CC1. The summed E-state index contributed by atoms with van der Waals surface area (Å²) in [5.41, 5.74) is 7.66. The summed E-state index contributed by atoms with van der Waals surface area (Å²) < 4.78 is 66.4. The maximum Gasteiger partial charge on any atom is 0.323 e. The Hall–Kier alpha value is -3.72. The Bertz CT molecular complexity index is 1570. The number of rotatable bonds is 12. The average molecular weight is 679 g/mol. The van der Waals surface area contributed by atoms with Crippen molar-refractivity contribution in [1.82, 2.24) is 4.98 Å². The average Bonchev–Trinajstić information content (AvgIpc) is 3.79. The van der Waals surface area contributed by atoms with E-state index in [1.165, 1.54) is 26.0 Å². The summed E-state index contributed by atoms with van der Waals surface area (Å²) in [6.45, 7) is 4.84. The minimum absolute atomic E-state index is 0.0767. The Morgan fingerprint density at radius 2 is 1.66 bits per heavy atom. The maximum absolute atomic E-state index is 13.8. The molecule has 0 radical (unpaired) electrons. The largest absolute Gasteiger partial charge is 0.493 e. The number of amides is 1. The molecule has 0 bridgehead atoms. The maximum atomic E-state index is 13.8. The first-order valence-electron chi connectivity index (χ1n) is 16.0. The van der Waals surface area contributed by atoms with Gasteiger partial charge in [0.1, 0.15) is 24.1 Å². The zero-order valence-corrected chi connectivity index (χ0v) is 27.9. The van der Waals surface area contributed by atoms with Gasteiger partial charge in [0, 0.05) is 39.0 Å². The summed E-state index contributed by atoms with van der Waals surface area (Å²) in [6, 6.07) is 7.12. The van der Waals surface area contributed by atoms with Gasteiger partial charge in [-0.05, 0) is 67.3 Å². The zero-order valence-electron chi connectivity index (χ0n) is 27.1. The molecule has 2 aliphatic heterocycles. The van der Waals surface area contributed by atoms with Crippen molar-refractivity contribution in [1.29, 1.82) is 0 Å². The second-order valence-electron chi connectivity index (χ2n) is 13.1. The molecule has 1 aliphatic carbocycles. The molecule has 2 saturated heterocycles. The molecule has 12 nitrogen and oxygen atoms in total. The van der Waals surface area contributed by atoms with Crippen LogP contribution in [0, 0.1) is 11.3 Å². The van der Waals surface area contributed by atoms with E-state index in [4.69, 9.17) is 15.2 Å². The fraction of sp³-hybridized carbons (Fsp3) is 0.594. The molecule has 1 aromatic heterocycles. The van der Waals surface area contributed by atoms with Crippen molar-refractivity contribution < 1.29 is 36.3 Å². The molecule has 47 heavy (non-hydrogen) atoms. The lowest BCUT2D eigenvalue weighted by Gasteiger charge is -2.35. The Morgan fingerprint density at radius 1 is 1.00 bits per heavy atom. The zero-order chi connectivity index (χ0) is 34.0. The number of ether oxygens (including phenoxy) is 2. The molecule has 4 N–H and O–H groups in total. The standard InChI is InChI=1S/C32H44F2N6O6S/c1-21(2)27(35)30(42)46-18-19-47(43,44)38-22-4-5-23(25(20-22)39-14-10-31(8-9-31)11-15-39)37-29(41)24-6-7-26(45-3)28(36-24)40-16-12-32(33,34)13-17-40/h4-7,20-21,27,38H,8-19,35H2,1-3H3,(H,37,41)/t27-/m0/s1. The van der Waals surface area contributed by atoms with Crippen LogP contribution in [0.2, 0.25) is 0 Å². The number of nitrogens with one attached hydrogen (secondary N) is 2. The Labute approximate surface area is 274 Å². The normalized spacial score (nSPS) is 19.3.